The lowest BCUT2D eigenvalue weighted by molar-refractivity contribution is 0.552. The van der Waals surface area contributed by atoms with E-state index in [9.17, 15) is 13.2 Å². The first-order valence-corrected chi connectivity index (χ1v) is 13.7. The van der Waals surface area contributed by atoms with Crippen molar-refractivity contribution in [2.24, 2.45) is 13.0 Å². The first-order valence-electron chi connectivity index (χ1n) is 10.1. The van der Waals surface area contributed by atoms with E-state index < -0.39 is 9.84 Å². The molecule has 1 N–H and O–H groups in total. The van der Waals surface area contributed by atoms with Crippen LogP contribution in [-0.4, -0.2) is 44.7 Å². The summed E-state index contributed by atoms with van der Waals surface area (Å²) in [5.74, 6) is 2.51. The Morgan fingerprint density at radius 2 is 2.25 bits per heavy atom. The van der Waals surface area contributed by atoms with Crippen molar-refractivity contribution in [1.82, 2.24) is 24.7 Å². The van der Waals surface area contributed by atoms with Crippen LogP contribution in [0.2, 0.25) is 0 Å². The van der Waals surface area contributed by atoms with Crippen LogP contribution in [-0.2, 0) is 23.3 Å². The van der Waals surface area contributed by atoms with Gasteiger partial charge in [-0.2, -0.15) is 0 Å². The Hall–Kier alpha value is -2.44. The molecule has 1 aliphatic heterocycles. The van der Waals surface area contributed by atoms with Gasteiger partial charge in [-0.3, -0.25) is 4.79 Å². The maximum atomic E-state index is 12.8. The molecule has 0 amide bonds. The van der Waals surface area contributed by atoms with Gasteiger partial charge in [-0.25, -0.2) is 13.4 Å². The van der Waals surface area contributed by atoms with E-state index in [0.717, 1.165) is 11.4 Å². The summed E-state index contributed by atoms with van der Waals surface area (Å²) < 4.78 is 30.8. The molecular formula is C20H21N5O4S3. The third-order valence-corrected chi connectivity index (χ3v) is 9.49. The number of nitrogens with zero attached hydrogens (tertiary/aromatic N) is 4. The second-order valence-corrected chi connectivity index (χ2v) is 12.3. The fourth-order valence-corrected chi connectivity index (χ4v) is 7.59. The monoisotopic (exact) mass is 491 g/mol. The molecule has 9 nitrogen and oxygen atoms in total. The summed E-state index contributed by atoms with van der Waals surface area (Å²) in [6, 6.07) is 3.61. The number of furan rings is 1. The maximum absolute atomic E-state index is 12.8. The normalized spacial score (nSPS) is 19.0. The summed E-state index contributed by atoms with van der Waals surface area (Å²) >= 11 is 2.85. The molecule has 168 valence electrons. The number of thiophene rings is 1. The highest BCUT2D eigenvalue weighted by atomic mass is 32.2. The van der Waals surface area contributed by atoms with Crippen LogP contribution in [0.15, 0.2) is 38.1 Å². The minimum Gasteiger partial charge on any atom is -0.464 e. The fourth-order valence-electron chi connectivity index (χ4n) is 3.90. The fraction of sp³-hybridized carbons (Fsp3) is 0.400. The molecule has 0 radical (unpaired) electrons. The van der Waals surface area contributed by atoms with Gasteiger partial charge in [0.05, 0.1) is 28.4 Å². The Bertz CT molecular complexity index is 1440. The van der Waals surface area contributed by atoms with Crippen LogP contribution in [0.25, 0.3) is 21.5 Å². The van der Waals surface area contributed by atoms with Crippen molar-refractivity contribution in [2.75, 3.05) is 11.5 Å². The van der Waals surface area contributed by atoms with E-state index in [0.29, 0.717) is 39.8 Å². The topological polar surface area (TPSA) is 124 Å². The lowest BCUT2D eigenvalue weighted by atomic mass is 10.1. The average Bonchev–Trinajstić information content (AvgIpc) is 3.52. The zero-order valence-corrected chi connectivity index (χ0v) is 19.9. The second-order valence-electron chi connectivity index (χ2n) is 7.95. The Morgan fingerprint density at radius 1 is 1.41 bits per heavy atom. The van der Waals surface area contributed by atoms with Gasteiger partial charge < -0.3 is 14.0 Å². The molecule has 5 rings (SSSR count). The SMILES string of the molecule is CC(Sc1nnc(CC2CCS(=O)(=O)C2)n1C)c1nc2scc(-c3ccco3)c2c(=O)[nH]1. The third-order valence-electron chi connectivity index (χ3n) is 5.64. The Labute approximate surface area is 192 Å². The molecule has 4 aromatic heterocycles. The lowest BCUT2D eigenvalue weighted by Gasteiger charge is -2.11. The van der Waals surface area contributed by atoms with E-state index in [2.05, 4.69) is 20.2 Å². The molecule has 1 saturated heterocycles. The van der Waals surface area contributed by atoms with Crippen LogP contribution in [0.5, 0.6) is 0 Å². The smallest absolute Gasteiger partial charge is 0.260 e. The quantitative estimate of drug-likeness (QED) is 0.408. The van der Waals surface area contributed by atoms with E-state index in [1.165, 1.54) is 23.1 Å². The number of hydrogen-bond acceptors (Lipinski definition) is 9. The Kier molecular flexibility index (Phi) is 5.46. The highest BCUT2D eigenvalue weighted by Gasteiger charge is 2.29. The predicted octanol–water partition coefficient (Wildman–Crippen LogP) is 3.20. The largest absolute Gasteiger partial charge is 0.464 e. The summed E-state index contributed by atoms with van der Waals surface area (Å²) in [7, 11) is -1.04. The summed E-state index contributed by atoms with van der Waals surface area (Å²) in [5, 5.41) is 11.5. The molecule has 0 aliphatic carbocycles. The number of aromatic nitrogens is 5. The van der Waals surface area contributed by atoms with Gasteiger partial charge in [-0.15, -0.1) is 21.5 Å². The van der Waals surface area contributed by atoms with Crippen LogP contribution in [0.4, 0.5) is 0 Å². The molecule has 0 aromatic carbocycles. The summed E-state index contributed by atoms with van der Waals surface area (Å²) in [4.78, 5) is 21.1. The molecular weight excluding hydrogens is 470 g/mol. The van der Waals surface area contributed by atoms with Gasteiger partial charge in [0, 0.05) is 24.4 Å². The van der Waals surface area contributed by atoms with Crippen molar-refractivity contribution in [3.8, 4) is 11.3 Å². The van der Waals surface area contributed by atoms with E-state index >= 15 is 0 Å². The number of aromatic amines is 1. The molecule has 5 heterocycles. The van der Waals surface area contributed by atoms with Crippen LogP contribution < -0.4 is 5.56 Å². The van der Waals surface area contributed by atoms with Crippen molar-refractivity contribution in [2.45, 2.75) is 30.2 Å². The number of thioether (sulfide) groups is 1. The molecule has 2 unspecified atom stereocenters. The minimum atomic E-state index is -2.92. The predicted molar refractivity (Wildman–Crippen MR) is 124 cm³/mol. The van der Waals surface area contributed by atoms with E-state index in [4.69, 9.17) is 4.42 Å². The zero-order valence-electron chi connectivity index (χ0n) is 17.4. The lowest BCUT2D eigenvalue weighted by Crippen LogP contribution is -2.13. The van der Waals surface area contributed by atoms with Gasteiger partial charge in [0.2, 0.25) is 0 Å². The number of hydrogen-bond donors (Lipinski definition) is 1. The maximum Gasteiger partial charge on any atom is 0.260 e. The van der Waals surface area contributed by atoms with Gasteiger partial charge in [-0.05, 0) is 31.4 Å². The standard InChI is InChI=1S/C20H21N5O4S3/c1-11(31-20-24-23-15(25(20)2)8-12-5-7-32(27,28)10-12)17-21-18(26)16-13(9-30-19(16)22-17)14-4-3-6-29-14/h3-4,6,9,11-12H,5,7-8,10H2,1-2H3,(H,21,22,26). The number of rotatable bonds is 6. The van der Waals surface area contributed by atoms with Gasteiger partial charge >= 0.3 is 0 Å². The first-order chi connectivity index (χ1) is 15.3. The average molecular weight is 492 g/mol. The van der Waals surface area contributed by atoms with Gasteiger partial charge in [0.1, 0.15) is 22.2 Å². The van der Waals surface area contributed by atoms with E-state index in [-0.39, 0.29) is 28.2 Å². The molecule has 32 heavy (non-hydrogen) atoms. The molecule has 0 bridgehead atoms. The van der Waals surface area contributed by atoms with Crippen molar-refractivity contribution in [3.63, 3.8) is 0 Å². The molecule has 0 spiro atoms. The van der Waals surface area contributed by atoms with Crippen LogP contribution >= 0.6 is 23.1 Å². The van der Waals surface area contributed by atoms with Gasteiger partial charge in [0.25, 0.3) is 5.56 Å². The van der Waals surface area contributed by atoms with E-state index in [1.54, 1.807) is 12.3 Å². The number of nitrogens with one attached hydrogen (secondary N) is 1. The van der Waals surface area contributed by atoms with Crippen LogP contribution in [0.1, 0.15) is 30.2 Å². The summed E-state index contributed by atoms with van der Waals surface area (Å²) in [5.41, 5.74) is 0.536. The number of H-pyrrole nitrogens is 1. The zero-order chi connectivity index (χ0) is 22.5. The van der Waals surface area contributed by atoms with Gasteiger partial charge in [0.15, 0.2) is 15.0 Å². The molecule has 1 fully saturated rings. The molecule has 2 atom stereocenters. The molecule has 0 saturated carbocycles. The van der Waals surface area contributed by atoms with Crippen LogP contribution in [0.3, 0.4) is 0 Å². The first kappa shape index (κ1) is 21.4. The second kappa shape index (κ2) is 8.16. The number of fused-ring (bicyclic) bond motifs is 1. The van der Waals surface area contributed by atoms with Crippen molar-refractivity contribution >= 4 is 43.2 Å². The summed E-state index contributed by atoms with van der Waals surface area (Å²) in [6.07, 6.45) is 2.83. The Balaban J connectivity index is 1.36. The Morgan fingerprint density at radius 3 is 2.97 bits per heavy atom. The highest BCUT2D eigenvalue weighted by Crippen LogP contribution is 2.35. The van der Waals surface area contributed by atoms with Crippen molar-refractivity contribution in [3.05, 3.63) is 45.8 Å². The molecule has 12 heteroatoms. The molecule has 4 aromatic rings. The third kappa shape index (κ3) is 4.02. The number of sulfone groups is 1. The van der Waals surface area contributed by atoms with Crippen LogP contribution in [0, 0.1) is 5.92 Å². The van der Waals surface area contributed by atoms with Crippen molar-refractivity contribution < 1.29 is 12.8 Å². The molecule has 1 aliphatic rings. The highest BCUT2D eigenvalue weighted by molar-refractivity contribution is 7.99. The van der Waals surface area contributed by atoms with Crippen molar-refractivity contribution in [1.29, 1.82) is 0 Å². The van der Waals surface area contributed by atoms with E-state index in [1.807, 2.05) is 30.0 Å². The summed E-state index contributed by atoms with van der Waals surface area (Å²) in [6.45, 7) is 1.95. The minimum absolute atomic E-state index is 0.0841. The van der Waals surface area contributed by atoms with Gasteiger partial charge in [-0.1, -0.05) is 11.8 Å².